The van der Waals surface area contributed by atoms with Gasteiger partial charge in [0.15, 0.2) is 0 Å². The third kappa shape index (κ3) is 4.12. The number of likely N-dealkylation sites (N-methyl/N-ethyl adjacent to an activating group) is 1. The van der Waals surface area contributed by atoms with E-state index in [9.17, 15) is 10.1 Å². The average Bonchev–Trinajstić information content (AvgIpc) is 2.55. The first-order valence-corrected chi connectivity index (χ1v) is 6.82. The van der Waals surface area contributed by atoms with E-state index in [1.54, 1.807) is 19.2 Å². The minimum atomic E-state index is -0.429. The van der Waals surface area contributed by atoms with Crippen LogP contribution in [0.15, 0.2) is 48.5 Å². The van der Waals surface area contributed by atoms with E-state index in [1.165, 1.54) is 12.1 Å². The molecule has 2 aromatic rings. The number of anilines is 1. The smallest absolute Gasteiger partial charge is 0.269 e. The van der Waals surface area contributed by atoms with E-state index in [4.69, 9.17) is 9.47 Å². The Morgan fingerprint density at radius 3 is 2.18 bits per heavy atom. The van der Waals surface area contributed by atoms with Crippen LogP contribution in [0.25, 0.3) is 0 Å². The van der Waals surface area contributed by atoms with E-state index in [2.05, 4.69) is 4.90 Å². The maximum Gasteiger partial charge on any atom is 0.269 e. The highest BCUT2D eigenvalue weighted by molar-refractivity contribution is 5.48. The molecule has 22 heavy (non-hydrogen) atoms. The third-order valence-corrected chi connectivity index (χ3v) is 3.26. The Morgan fingerprint density at radius 2 is 1.64 bits per heavy atom. The lowest BCUT2D eigenvalue weighted by molar-refractivity contribution is -0.384. The first kappa shape index (κ1) is 15.6. The van der Waals surface area contributed by atoms with Crippen LogP contribution in [-0.2, 0) is 0 Å². The van der Waals surface area contributed by atoms with Crippen molar-refractivity contribution in [1.29, 1.82) is 0 Å². The van der Waals surface area contributed by atoms with Gasteiger partial charge in [-0.3, -0.25) is 10.1 Å². The average molecular weight is 302 g/mol. The van der Waals surface area contributed by atoms with Crippen LogP contribution in [0, 0.1) is 10.1 Å². The van der Waals surface area contributed by atoms with Crippen molar-refractivity contribution < 1.29 is 14.4 Å². The van der Waals surface area contributed by atoms with Crippen molar-refractivity contribution >= 4 is 11.4 Å². The Labute approximate surface area is 129 Å². The summed E-state index contributed by atoms with van der Waals surface area (Å²) in [5.74, 6) is 1.44. The second kappa shape index (κ2) is 7.31. The number of benzene rings is 2. The molecule has 0 saturated heterocycles. The number of ether oxygens (including phenoxy) is 2. The van der Waals surface area contributed by atoms with Crippen molar-refractivity contribution in [1.82, 2.24) is 0 Å². The van der Waals surface area contributed by atoms with Gasteiger partial charge in [-0.2, -0.15) is 0 Å². The molecule has 0 aliphatic carbocycles. The van der Waals surface area contributed by atoms with E-state index < -0.39 is 4.92 Å². The Bertz CT molecular complexity index is 611. The maximum atomic E-state index is 10.6. The van der Waals surface area contributed by atoms with Crippen LogP contribution in [0.4, 0.5) is 11.4 Å². The number of non-ortho nitro benzene ring substituents is 1. The summed E-state index contributed by atoms with van der Waals surface area (Å²) in [5.41, 5.74) is 1.12. The standard InChI is InChI=1S/C16H18N2O4/c1-17(13-3-7-15(21-2)8-4-13)11-12-22-16-9-5-14(6-10-16)18(19)20/h3-10H,11-12H2,1-2H3. The number of nitrogens with zero attached hydrogens (tertiary/aromatic N) is 2. The Kier molecular flexibility index (Phi) is 5.19. The Hall–Kier alpha value is -2.76. The van der Waals surface area contributed by atoms with Crippen molar-refractivity contribution in [3.63, 3.8) is 0 Å². The topological polar surface area (TPSA) is 64.8 Å². The normalized spacial score (nSPS) is 10.1. The van der Waals surface area contributed by atoms with Gasteiger partial charge in [-0.1, -0.05) is 0 Å². The fourth-order valence-electron chi connectivity index (χ4n) is 1.93. The van der Waals surface area contributed by atoms with E-state index in [-0.39, 0.29) is 5.69 Å². The van der Waals surface area contributed by atoms with E-state index in [1.807, 2.05) is 31.3 Å². The zero-order valence-electron chi connectivity index (χ0n) is 12.6. The fraction of sp³-hybridized carbons (Fsp3) is 0.250. The predicted octanol–water partition coefficient (Wildman–Crippen LogP) is 3.12. The van der Waals surface area contributed by atoms with Crippen LogP contribution in [0.5, 0.6) is 11.5 Å². The largest absolute Gasteiger partial charge is 0.497 e. The summed E-state index contributed by atoms with van der Waals surface area (Å²) in [4.78, 5) is 12.2. The molecule has 0 atom stereocenters. The zero-order chi connectivity index (χ0) is 15.9. The first-order valence-electron chi connectivity index (χ1n) is 6.82. The van der Waals surface area contributed by atoms with Gasteiger partial charge < -0.3 is 14.4 Å². The SMILES string of the molecule is COc1ccc(N(C)CCOc2ccc([N+](=O)[O-])cc2)cc1. The maximum absolute atomic E-state index is 10.6. The molecule has 0 N–H and O–H groups in total. The van der Waals surface area contributed by atoms with E-state index in [0.29, 0.717) is 18.9 Å². The summed E-state index contributed by atoms with van der Waals surface area (Å²) < 4.78 is 10.7. The van der Waals surface area contributed by atoms with E-state index >= 15 is 0 Å². The lowest BCUT2D eigenvalue weighted by atomic mass is 10.3. The molecule has 2 rings (SSSR count). The first-order chi connectivity index (χ1) is 10.6. The second-order valence-electron chi connectivity index (χ2n) is 4.72. The lowest BCUT2D eigenvalue weighted by Crippen LogP contribution is -2.23. The highest BCUT2D eigenvalue weighted by Gasteiger charge is 2.05. The monoisotopic (exact) mass is 302 g/mol. The number of nitro groups is 1. The van der Waals surface area contributed by atoms with Crippen molar-refractivity contribution in [3.05, 3.63) is 58.6 Å². The summed E-state index contributed by atoms with van der Waals surface area (Å²) in [6.45, 7) is 1.18. The van der Waals surface area contributed by atoms with Crippen LogP contribution < -0.4 is 14.4 Å². The molecule has 0 spiro atoms. The Balaban J connectivity index is 1.83. The van der Waals surface area contributed by atoms with Gasteiger partial charge >= 0.3 is 0 Å². The predicted molar refractivity (Wildman–Crippen MR) is 84.9 cm³/mol. The molecule has 6 heteroatoms. The third-order valence-electron chi connectivity index (χ3n) is 3.26. The van der Waals surface area contributed by atoms with Crippen LogP contribution in [0.2, 0.25) is 0 Å². The second-order valence-corrected chi connectivity index (χ2v) is 4.72. The number of hydrogen-bond acceptors (Lipinski definition) is 5. The highest BCUT2D eigenvalue weighted by atomic mass is 16.6. The molecule has 0 radical (unpaired) electrons. The molecule has 6 nitrogen and oxygen atoms in total. The van der Waals surface area contributed by atoms with Crippen molar-refractivity contribution in [2.45, 2.75) is 0 Å². The van der Waals surface area contributed by atoms with Gasteiger partial charge in [-0.25, -0.2) is 0 Å². The van der Waals surface area contributed by atoms with Crippen LogP contribution in [-0.4, -0.2) is 32.2 Å². The van der Waals surface area contributed by atoms with Gasteiger partial charge in [0, 0.05) is 24.9 Å². The summed E-state index contributed by atoms with van der Waals surface area (Å²) >= 11 is 0. The minimum Gasteiger partial charge on any atom is -0.497 e. The molecule has 0 aromatic heterocycles. The van der Waals surface area contributed by atoms with E-state index in [0.717, 1.165) is 11.4 Å². The molecule has 0 aliphatic rings. The molecule has 0 aliphatic heterocycles. The highest BCUT2D eigenvalue weighted by Crippen LogP contribution is 2.19. The minimum absolute atomic E-state index is 0.0581. The summed E-state index contributed by atoms with van der Waals surface area (Å²) in [6.07, 6.45) is 0. The summed E-state index contributed by atoms with van der Waals surface area (Å²) in [7, 11) is 3.61. The summed E-state index contributed by atoms with van der Waals surface area (Å²) in [6, 6.07) is 13.8. The van der Waals surface area contributed by atoms with Crippen LogP contribution in [0.3, 0.4) is 0 Å². The van der Waals surface area contributed by atoms with Gasteiger partial charge in [0.25, 0.3) is 5.69 Å². The van der Waals surface area contributed by atoms with Crippen molar-refractivity contribution in [2.75, 3.05) is 32.2 Å². The molecule has 116 valence electrons. The quantitative estimate of drug-likeness (QED) is 0.581. The van der Waals surface area contributed by atoms with Gasteiger partial charge in [-0.15, -0.1) is 0 Å². The molecule has 0 heterocycles. The van der Waals surface area contributed by atoms with Crippen LogP contribution in [0.1, 0.15) is 0 Å². The van der Waals surface area contributed by atoms with Gasteiger partial charge in [0.1, 0.15) is 18.1 Å². The van der Waals surface area contributed by atoms with Crippen molar-refractivity contribution in [3.8, 4) is 11.5 Å². The molecule has 0 unspecified atom stereocenters. The number of rotatable bonds is 7. The number of methoxy groups -OCH3 is 1. The van der Waals surface area contributed by atoms with Crippen LogP contribution >= 0.6 is 0 Å². The number of hydrogen-bond donors (Lipinski definition) is 0. The van der Waals surface area contributed by atoms with Gasteiger partial charge in [-0.05, 0) is 36.4 Å². The summed E-state index contributed by atoms with van der Waals surface area (Å²) in [5, 5.41) is 10.6. The molecule has 0 bridgehead atoms. The van der Waals surface area contributed by atoms with Gasteiger partial charge in [0.05, 0.1) is 18.6 Å². The fourth-order valence-corrected chi connectivity index (χ4v) is 1.93. The zero-order valence-corrected chi connectivity index (χ0v) is 12.6. The molecule has 0 saturated carbocycles. The lowest BCUT2D eigenvalue weighted by Gasteiger charge is -2.19. The van der Waals surface area contributed by atoms with Crippen molar-refractivity contribution in [2.24, 2.45) is 0 Å². The molecular weight excluding hydrogens is 284 g/mol. The Morgan fingerprint density at radius 1 is 1.05 bits per heavy atom. The molecule has 0 amide bonds. The van der Waals surface area contributed by atoms with Gasteiger partial charge in [0.2, 0.25) is 0 Å². The molecule has 0 fully saturated rings. The number of nitro benzene ring substituents is 1. The molecular formula is C16H18N2O4. The molecule has 2 aromatic carbocycles.